The van der Waals surface area contributed by atoms with Gasteiger partial charge in [0.2, 0.25) is 0 Å². The summed E-state index contributed by atoms with van der Waals surface area (Å²) < 4.78 is 23.8. The van der Waals surface area contributed by atoms with E-state index in [9.17, 15) is 8.78 Å². The molecule has 0 spiro atoms. The molecule has 0 aromatic carbocycles. The maximum absolute atomic E-state index is 11.9. The second kappa shape index (κ2) is 3.88. The van der Waals surface area contributed by atoms with Crippen molar-refractivity contribution >= 4 is 0 Å². The first-order valence-electron chi connectivity index (χ1n) is 4.65. The molecule has 0 aliphatic heterocycles. The first kappa shape index (κ1) is 10.9. The highest BCUT2D eigenvalue weighted by Crippen LogP contribution is 2.47. The molecule has 13 heavy (non-hydrogen) atoms. The zero-order chi connectivity index (χ0) is 10.1. The Balaban J connectivity index is 2.18. The Hall–Kier alpha value is -0.220. The molecule has 1 aliphatic rings. The van der Waals surface area contributed by atoms with Gasteiger partial charge in [-0.1, -0.05) is 6.92 Å². The van der Waals surface area contributed by atoms with Crippen LogP contribution in [0.5, 0.6) is 0 Å². The van der Waals surface area contributed by atoms with Crippen molar-refractivity contribution in [2.45, 2.75) is 45.3 Å². The average Bonchev–Trinajstić information content (AvgIpc) is 2.79. The van der Waals surface area contributed by atoms with Gasteiger partial charge in [-0.05, 0) is 25.2 Å². The average molecular weight is 193 g/mol. The summed E-state index contributed by atoms with van der Waals surface area (Å²) in [6.07, 6.45) is -1.89. The van der Waals surface area contributed by atoms with Gasteiger partial charge in [0, 0.05) is 12.6 Å². The molecule has 0 amide bonds. The molecule has 4 heteroatoms. The molecule has 0 radical (unpaired) electrons. The number of rotatable bonds is 5. The maximum atomic E-state index is 11.9. The molecule has 2 N–H and O–H groups in total. The Morgan fingerprint density at radius 1 is 1.46 bits per heavy atom. The molecular weight excluding hydrogens is 176 g/mol. The van der Waals surface area contributed by atoms with Gasteiger partial charge in [0.15, 0.2) is 0 Å². The van der Waals surface area contributed by atoms with E-state index in [4.69, 9.17) is 5.11 Å². The zero-order valence-electron chi connectivity index (χ0n) is 8.06. The first-order chi connectivity index (χ1) is 5.96. The molecule has 78 valence electrons. The fourth-order valence-electron chi connectivity index (χ4n) is 1.26. The van der Waals surface area contributed by atoms with Crippen LogP contribution in [0.2, 0.25) is 0 Å². The van der Waals surface area contributed by atoms with E-state index in [0.29, 0.717) is 0 Å². The van der Waals surface area contributed by atoms with Crippen LogP contribution in [-0.2, 0) is 0 Å². The highest BCUT2D eigenvalue weighted by atomic mass is 19.3. The van der Waals surface area contributed by atoms with E-state index in [2.05, 4.69) is 12.2 Å². The summed E-state index contributed by atoms with van der Waals surface area (Å²) >= 11 is 0. The Bertz CT molecular complexity index is 171. The number of aliphatic hydroxyl groups excluding tert-OH is 1. The second-order valence-corrected chi connectivity index (χ2v) is 4.19. The molecule has 2 atom stereocenters. The van der Waals surface area contributed by atoms with Gasteiger partial charge in [0.1, 0.15) is 6.10 Å². The molecule has 2 unspecified atom stereocenters. The van der Waals surface area contributed by atoms with Gasteiger partial charge in [0.05, 0.1) is 0 Å². The Morgan fingerprint density at radius 3 is 2.38 bits per heavy atom. The van der Waals surface area contributed by atoms with E-state index >= 15 is 0 Å². The van der Waals surface area contributed by atoms with Crippen LogP contribution in [0, 0.1) is 5.41 Å². The van der Waals surface area contributed by atoms with Crippen molar-refractivity contribution in [2.75, 3.05) is 6.54 Å². The fourth-order valence-corrected chi connectivity index (χ4v) is 1.26. The van der Waals surface area contributed by atoms with Gasteiger partial charge >= 0.3 is 0 Å². The molecule has 1 fully saturated rings. The molecule has 0 saturated heterocycles. The zero-order valence-corrected chi connectivity index (χ0v) is 8.06. The van der Waals surface area contributed by atoms with Crippen molar-refractivity contribution in [1.29, 1.82) is 0 Å². The number of halogens is 2. The van der Waals surface area contributed by atoms with Gasteiger partial charge in [-0.2, -0.15) is 0 Å². The third-order valence-corrected chi connectivity index (χ3v) is 3.01. The molecule has 2 nitrogen and oxygen atoms in total. The lowest BCUT2D eigenvalue weighted by molar-refractivity contribution is -0.00537. The predicted octanol–water partition coefficient (Wildman–Crippen LogP) is 1.39. The van der Waals surface area contributed by atoms with Gasteiger partial charge in [-0.25, -0.2) is 8.78 Å². The molecule has 1 saturated carbocycles. The van der Waals surface area contributed by atoms with Gasteiger partial charge < -0.3 is 10.4 Å². The summed E-state index contributed by atoms with van der Waals surface area (Å²) in [6, 6.07) is 0.209. The lowest BCUT2D eigenvalue weighted by Crippen LogP contribution is -2.40. The van der Waals surface area contributed by atoms with E-state index in [-0.39, 0.29) is 18.0 Å². The third kappa shape index (κ3) is 2.88. The minimum atomic E-state index is -2.65. The van der Waals surface area contributed by atoms with Crippen LogP contribution >= 0.6 is 0 Å². The molecule has 1 rings (SSSR count). The monoisotopic (exact) mass is 193 g/mol. The predicted molar refractivity (Wildman–Crippen MR) is 46.8 cm³/mol. The highest BCUT2D eigenvalue weighted by Gasteiger charge is 2.42. The first-order valence-corrected chi connectivity index (χ1v) is 4.65. The number of hydrogen-bond acceptors (Lipinski definition) is 2. The largest absolute Gasteiger partial charge is 0.386 e. The van der Waals surface area contributed by atoms with Crippen LogP contribution in [0.25, 0.3) is 0 Å². The van der Waals surface area contributed by atoms with Crippen molar-refractivity contribution in [3.05, 3.63) is 0 Å². The smallest absolute Gasteiger partial charge is 0.265 e. The molecule has 0 aromatic heterocycles. The number of alkyl halides is 2. The van der Waals surface area contributed by atoms with E-state index in [1.165, 1.54) is 0 Å². The van der Waals surface area contributed by atoms with Crippen LogP contribution < -0.4 is 5.32 Å². The van der Waals surface area contributed by atoms with Crippen molar-refractivity contribution in [1.82, 2.24) is 5.32 Å². The van der Waals surface area contributed by atoms with Gasteiger partial charge in [0.25, 0.3) is 6.43 Å². The van der Waals surface area contributed by atoms with Crippen LogP contribution in [-0.4, -0.2) is 30.2 Å². The normalized spacial score (nSPS) is 24.5. The lowest BCUT2D eigenvalue weighted by Gasteiger charge is -2.21. The Morgan fingerprint density at radius 2 is 2.00 bits per heavy atom. The lowest BCUT2D eigenvalue weighted by atomic mass is 10.0. The maximum Gasteiger partial charge on any atom is 0.265 e. The van der Waals surface area contributed by atoms with Crippen molar-refractivity contribution in [2.24, 2.45) is 5.41 Å². The van der Waals surface area contributed by atoms with E-state index in [1.54, 1.807) is 0 Å². The third-order valence-electron chi connectivity index (χ3n) is 3.01. The molecule has 0 aromatic rings. The standard InChI is InChI=1S/C9H17F2NO/c1-6(9(2)3-4-9)12-5-7(13)8(10)11/h6-8,12-13H,3-5H2,1-2H3. The quantitative estimate of drug-likeness (QED) is 0.691. The SMILES string of the molecule is CC(NCC(O)C(F)F)C1(C)CC1. The summed E-state index contributed by atoms with van der Waals surface area (Å²) in [5.74, 6) is 0. The molecule has 1 aliphatic carbocycles. The number of nitrogens with one attached hydrogen (secondary N) is 1. The summed E-state index contributed by atoms with van der Waals surface area (Å²) in [6.45, 7) is 4.08. The molecule has 0 heterocycles. The molecular formula is C9H17F2NO. The van der Waals surface area contributed by atoms with E-state index in [1.807, 2.05) is 6.92 Å². The number of hydrogen-bond donors (Lipinski definition) is 2. The van der Waals surface area contributed by atoms with Crippen LogP contribution in [0.15, 0.2) is 0 Å². The second-order valence-electron chi connectivity index (χ2n) is 4.19. The topological polar surface area (TPSA) is 32.3 Å². The fraction of sp³-hybridized carbons (Fsp3) is 1.00. The van der Waals surface area contributed by atoms with Crippen molar-refractivity contribution < 1.29 is 13.9 Å². The van der Waals surface area contributed by atoms with Crippen LogP contribution in [0.4, 0.5) is 8.78 Å². The van der Waals surface area contributed by atoms with Crippen molar-refractivity contribution in [3.63, 3.8) is 0 Å². The van der Waals surface area contributed by atoms with Crippen molar-refractivity contribution in [3.8, 4) is 0 Å². The van der Waals surface area contributed by atoms with Gasteiger partial charge in [-0.15, -0.1) is 0 Å². The number of aliphatic hydroxyl groups is 1. The summed E-state index contributed by atoms with van der Waals surface area (Å²) in [5.41, 5.74) is 0.266. The summed E-state index contributed by atoms with van der Waals surface area (Å²) in [5, 5.41) is 11.8. The van der Waals surface area contributed by atoms with E-state index < -0.39 is 12.5 Å². The minimum absolute atomic E-state index is 0.0194. The highest BCUT2D eigenvalue weighted by molar-refractivity contribution is 4.96. The summed E-state index contributed by atoms with van der Waals surface area (Å²) in [4.78, 5) is 0. The van der Waals surface area contributed by atoms with E-state index in [0.717, 1.165) is 12.8 Å². The molecule has 0 bridgehead atoms. The van der Waals surface area contributed by atoms with Crippen LogP contribution in [0.1, 0.15) is 26.7 Å². The Kier molecular flexibility index (Phi) is 3.24. The minimum Gasteiger partial charge on any atom is -0.386 e. The summed E-state index contributed by atoms with van der Waals surface area (Å²) in [7, 11) is 0. The van der Waals surface area contributed by atoms with Gasteiger partial charge in [-0.3, -0.25) is 0 Å². The van der Waals surface area contributed by atoms with Crippen LogP contribution in [0.3, 0.4) is 0 Å². The Labute approximate surface area is 77.3 Å².